The van der Waals surface area contributed by atoms with Gasteiger partial charge in [0.05, 0.1) is 19.3 Å². The first-order valence-electron chi connectivity index (χ1n) is 8.74. The third kappa shape index (κ3) is 4.50. The third-order valence-electron chi connectivity index (χ3n) is 4.13. The molecule has 0 aromatic heterocycles. The number of amides is 1. The number of hydrogen-bond donors (Lipinski definition) is 0. The van der Waals surface area contributed by atoms with Gasteiger partial charge in [-0.3, -0.25) is 9.59 Å². The highest BCUT2D eigenvalue weighted by atomic mass is 16.5. The smallest absolute Gasteiger partial charge is 0.247 e. The average Bonchev–Trinajstić information content (AvgIpc) is 2.64. The summed E-state index contributed by atoms with van der Waals surface area (Å²) in [5.74, 6) is -1.24. The predicted molar refractivity (Wildman–Crippen MR) is 92.6 cm³/mol. The summed E-state index contributed by atoms with van der Waals surface area (Å²) in [5.41, 5.74) is 0.281. The van der Waals surface area contributed by atoms with Gasteiger partial charge in [0.25, 0.3) is 0 Å². The van der Waals surface area contributed by atoms with E-state index in [9.17, 15) is 14.9 Å². The normalized spacial score (nSPS) is 15.2. The Morgan fingerprint density at radius 3 is 2.36 bits per heavy atom. The van der Waals surface area contributed by atoms with Gasteiger partial charge in [0.1, 0.15) is 0 Å². The molecular formula is C19H24N2O4. The van der Waals surface area contributed by atoms with Crippen molar-refractivity contribution < 1.29 is 19.1 Å². The van der Waals surface area contributed by atoms with Gasteiger partial charge in [-0.2, -0.15) is 5.26 Å². The van der Waals surface area contributed by atoms with Crippen LogP contribution in [0.5, 0.6) is 11.5 Å². The van der Waals surface area contributed by atoms with E-state index < -0.39 is 17.6 Å². The molecule has 25 heavy (non-hydrogen) atoms. The lowest BCUT2D eigenvalue weighted by Crippen LogP contribution is -2.41. The summed E-state index contributed by atoms with van der Waals surface area (Å²) in [7, 11) is 0. The van der Waals surface area contributed by atoms with Gasteiger partial charge in [0.2, 0.25) is 5.91 Å². The molecule has 0 saturated carbocycles. The monoisotopic (exact) mass is 344 g/mol. The van der Waals surface area contributed by atoms with Crippen LogP contribution in [-0.4, -0.2) is 42.9 Å². The maximum atomic E-state index is 12.7. The van der Waals surface area contributed by atoms with Gasteiger partial charge in [0.15, 0.2) is 23.2 Å². The molecule has 0 N–H and O–H groups in total. The summed E-state index contributed by atoms with van der Waals surface area (Å²) < 4.78 is 11.0. The quantitative estimate of drug-likeness (QED) is 0.561. The summed E-state index contributed by atoms with van der Waals surface area (Å²) >= 11 is 0. The largest absolute Gasteiger partial charge is 0.490 e. The minimum atomic E-state index is -1.31. The first kappa shape index (κ1) is 18.8. The molecule has 2 rings (SSSR count). The fourth-order valence-corrected chi connectivity index (χ4v) is 2.89. The van der Waals surface area contributed by atoms with E-state index in [0.29, 0.717) is 37.8 Å². The van der Waals surface area contributed by atoms with E-state index in [-0.39, 0.29) is 5.56 Å². The fourth-order valence-electron chi connectivity index (χ4n) is 2.89. The van der Waals surface area contributed by atoms with E-state index in [1.807, 2.05) is 19.9 Å². The van der Waals surface area contributed by atoms with Crippen molar-refractivity contribution in [1.82, 2.24) is 4.90 Å². The molecule has 0 unspecified atom stereocenters. The molecule has 1 fully saturated rings. The minimum Gasteiger partial charge on any atom is -0.490 e. The summed E-state index contributed by atoms with van der Waals surface area (Å²) in [6.07, 6.45) is 2.90. The zero-order valence-corrected chi connectivity index (χ0v) is 14.8. The van der Waals surface area contributed by atoms with Gasteiger partial charge in [-0.1, -0.05) is 0 Å². The Balaban J connectivity index is 2.23. The highest BCUT2D eigenvalue weighted by Gasteiger charge is 2.32. The van der Waals surface area contributed by atoms with Crippen LogP contribution in [0.15, 0.2) is 18.2 Å². The highest BCUT2D eigenvalue weighted by Crippen LogP contribution is 2.29. The van der Waals surface area contributed by atoms with Crippen molar-refractivity contribution in [3.8, 4) is 17.6 Å². The second kappa shape index (κ2) is 9.07. The van der Waals surface area contributed by atoms with Gasteiger partial charge in [-0.05, 0) is 51.3 Å². The third-order valence-corrected chi connectivity index (χ3v) is 4.13. The second-order valence-electron chi connectivity index (χ2n) is 5.84. The lowest BCUT2D eigenvalue weighted by Gasteiger charge is -2.28. The van der Waals surface area contributed by atoms with Crippen LogP contribution in [0, 0.1) is 17.2 Å². The van der Waals surface area contributed by atoms with Crippen molar-refractivity contribution in [2.24, 2.45) is 5.92 Å². The van der Waals surface area contributed by atoms with E-state index in [1.165, 1.54) is 0 Å². The molecule has 6 heteroatoms. The molecule has 1 aliphatic heterocycles. The van der Waals surface area contributed by atoms with Crippen LogP contribution in [-0.2, 0) is 4.79 Å². The summed E-state index contributed by atoms with van der Waals surface area (Å²) in [6, 6.07) is 6.64. The van der Waals surface area contributed by atoms with Crippen molar-refractivity contribution >= 4 is 11.7 Å². The Hall–Kier alpha value is -2.55. The number of carbonyl (C=O) groups is 2. The fraction of sp³-hybridized carbons (Fsp3) is 0.526. The number of Topliss-reactive ketones (excluding diaryl/α,β-unsaturated/α-hetero) is 1. The molecule has 1 aromatic rings. The maximum absolute atomic E-state index is 12.7. The molecule has 0 spiro atoms. The number of benzene rings is 1. The number of carbonyl (C=O) groups excluding carboxylic acids is 2. The van der Waals surface area contributed by atoms with Crippen molar-refractivity contribution in [3.63, 3.8) is 0 Å². The van der Waals surface area contributed by atoms with Gasteiger partial charge < -0.3 is 14.4 Å². The Morgan fingerprint density at radius 1 is 1.12 bits per heavy atom. The first-order chi connectivity index (χ1) is 12.1. The van der Waals surface area contributed by atoms with Crippen LogP contribution in [0.4, 0.5) is 0 Å². The van der Waals surface area contributed by atoms with Crippen molar-refractivity contribution in [3.05, 3.63) is 23.8 Å². The number of nitrogens with zero attached hydrogens (tertiary/aromatic N) is 2. The Kier molecular flexibility index (Phi) is 6.81. The molecular weight excluding hydrogens is 320 g/mol. The van der Waals surface area contributed by atoms with Crippen molar-refractivity contribution in [1.29, 1.82) is 5.26 Å². The highest BCUT2D eigenvalue weighted by molar-refractivity contribution is 6.12. The van der Waals surface area contributed by atoms with Gasteiger partial charge in [-0.15, -0.1) is 0 Å². The summed E-state index contributed by atoms with van der Waals surface area (Å²) in [5, 5.41) is 9.40. The molecule has 1 aromatic carbocycles. The molecule has 0 aliphatic carbocycles. The maximum Gasteiger partial charge on any atom is 0.247 e. The predicted octanol–water partition coefficient (Wildman–Crippen LogP) is 2.82. The zero-order valence-electron chi connectivity index (χ0n) is 14.8. The summed E-state index contributed by atoms with van der Waals surface area (Å²) in [6.45, 7) is 5.81. The number of rotatable bonds is 7. The van der Waals surface area contributed by atoms with Crippen LogP contribution in [0.3, 0.4) is 0 Å². The summed E-state index contributed by atoms with van der Waals surface area (Å²) in [4.78, 5) is 26.9. The molecule has 1 aliphatic rings. The lowest BCUT2D eigenvalue weighted by molar-refractivity contribution is -0.133. The standard InChI is InChI=1S/C19H24N2O4/c1-3-24-16-9-8-14(12-17(16)25-4-2)18(22)15(13-20)19(23)21-10-6-5-7-11-21/h8-9,12,15H,3-7,10-11H2,1-2H3/t15-/m0/s1. The van der Waals surface area contributed by atoms with Crippen LogP contribution >= 0.6 is 0 Å². The molecule has 6 nitrogen and oxygen atoms in total. The van der Waals surface area contributed by atoms with Gasteiger partial charge in [-0.25, -0.2) is 0 Å². The Bertz CT molecular complexity index is 660. The topological polar surface area (TPSA) is 79.6 Å². The van der Waals surface area contributed by atoms with Crippen LogP contribution < -0.4 is 9.47 Å². The molecule has 0 radical (unpaired) electrons. The minimum absolute atomic E-state index is 0.281. The molecule has 134 valence electrons. The number of likely N-dealkylation sites (tertiary alicyclic amines) is 1. The van der Waals surface area contributed by atoms with E-state index in [1.54, 1.807) is 23.1 Å². The van der Waals surface area contributed by atoms with E-state index in [2.05, 4.69) is 0 Å². The zero-order chi connectivity index (χ0) is 18.2. The van der Waals surface area contributed by atoms with Crippen molar-refractivity contribution in [2.75, 3.05) is 26.3 Å². The number of nitriles is 1. The number of ketones is 1. The lowest BCUT2D eigenvalue weighted by atomic mass is 9.96. The second-order valence-corrected chi connectivity index (χ2v) is 5.84. The number of ether oxygens (including phenoxy) is 2. The molecule has 1 saturated heterocycles. The Labute approximate surface area is 148 Å². The molecule has 1 amide bonds. The van der Waals surface area contributed by atoms with Crippen LogP contribution in [0.2, 0.25) is 0 Å². The number of piperidine rings is 1. The first-order valence-corrected chi connectivity index (χ1v) is 8.74. The Morgan fingerprint density at radius 2 is 1.76 bits per heavy atom. The van der Waals surface area contributed by atoms with E-state index >= 15 is 0 Å². The van der Waals surface area contributed by atoms with E-state index in [0.717, 1.165) is 19.3 Å². The molecule has 1 atom stereocenters. The number of hydrogen-bond acceptors (Lipinski definition) is 5. The van der Waals surface area contributed by atoms with Crippen molar-refractivity contribution in [2.45, 2.75) is 33.1 Å². The van der Waals surface area contributed by atoms with Crippen LogP contribution in [0.1, 0.15) is 43.5 Å². The average molecular weight is 344 g/mol. The SMILES string of the molecule is CCOc1ccc(C(=O)[C@H](C#N)C(=O)N2CCCCC2)cc1OCC. The molecule has 0 bridgehead atoms. The molecule has 1 heterocycles. The van der Waals surface area contributed by atoms with Gasteiger partial charge in [0, 0.05) is 18.7 Å². The van der Waals surface area contributed by atoms with Gasteiger partial charge >= 0.3 is 0 Å². The van der Waals surface area contributed by atoms with E-state index in [4.69, 9.17) is 9.47 Å². The van der Waals surface area contributed by atoms with Crippen LogP contribution in [0.25, 0.3) is 0 Å².